The molecule has 2 aromatic rings. The smallest absolute Gasteiger partial charge is 0.311 e. The third kappa shape index (κ3) is 5.00. The van der Waals surface area contributed by atoms with Crippen LogP contribution in [0, 0.1) is 5.92 Å². The van der Waals surface area contributed by atoms with Gasteiger partial charge in [-0.25, -0.2) is 0 Å². The number of anilines is 2. The number of esters is 1. The maximum atomic E-state index is 12.4. The van der Waals surface area contributed by atoms with E-state index in [1.54, 1.807) is 24.3 Å². The summed E-state index contributed by atoms with van der Waals surface area (Å²) in [5.41, 5.74) is 3.50. The van der Waals surface area contributed by atoms with Crippen molar-refractivity contribution in [2.75, 3.05) is 23.4 Å². The molecule has 1 N–H and O–H groups in total. The minimum absolute atomic E-state index is 0.0472. The number of aryl methyl sites for hydroxylation is 2. The summed E-state index contributed by atoms with van der Waals surface area (Å²) in [6, 6.07) is 12.8. The van der Waals surface area contributed by atoms with Gasteiger partial charge in [0.1, 0.15) is 0 Å². The van der Waals surface area contributed by atoms with E-state index in [-0.39, 0.29) is 25.5 Å². The number of carbonyl (C=O) groups excluding carboxylic acids is 3. The van der Waals surface area contributed by atoms with Crippen molar-refractivity contribution in [3.05, 3.63) is 58.6 Å². The van der Waals surface area contributed by atoms with Crippen LogP contribution in [0.25, 0.3) is 0 Å². The summed E-state index contributed by atoms with van der Waals surface area (Å²) < 4.78 is 5.21. The van der Waals surface area contributed by atoms with Crippen LogP contribution >= 0.6 is 11.6 Å². The summed E-state index contributed by atoms with van der Waals surface area (Å²) in [4.78, 5) is 38.6. The van der Waals surface area contributed by atoms with Gasteiger partial charge in [-0.15, -0.1) is 0 Å². The molecule has 6 nitrogen and oxygen atoms in total. The predicted octanol–water partition coefficient (Wildman–Crippen LogP) is 4.00. The zero-order valence-corrected chi connectivity index (χ0v) is 17.9. The lowest BCUT2D eigenvalue weighted by atomic mass is 10.0. The monoisotopic (exact) mass is 428 g/mol. The number of amides is 2. The van der Waals surface area contributed by atoms with Crippen LogP contribution in [0.1, 0.15) is 31.4 Å². The Morgan fingerprint density at radius 1 is 1.13 bits per heavy atom. The molecule has 1 aliphatic heterocycles. The normalized spacial score (nSPS) is 15.9. The van der Waals surface area contributed by atoms with Crippen LogP contribution in [0.5, 0.6) is 0 Å². The van der Waals surface area contributed by atoms with E-state index in [1.807, 2.05) is 32.0 Å². The Labute approximate surface area is 181 Å². The molecule has 1 aliphatic rings. The molecule has 0 bridgehead atoms. The van der Waals surface area contributed by atoms with Gasteiger partial charge in [0.2, 0.25) is 5.91 Å². The number of hydrogen-bond donors (Lipinski definition) is 1. The van der Waals surface area contributed by atoms with Crippen LogP contribution in [0.15, 0.2) is 42.5 Å². The lowest BCUT2D eigenvalue weighted by molar-refractivity contribution is -0.151. The van der Waals surface area contributed by atoms with Gasteiger partial charge in [-0.3, -0.25) is 14.4 Å². The zero-order valence-electron chi connectivity index (χ0n) is 17.1. The van der Waals surface area contributed by atoms with Gasteiger partial charge in [0.15, 0.2) is 6.61 Å². The van der Waals surface area contributed by atoms with Crippen molar-refractivity contribution in [1.82, 2.24) is 0 Å². The first-order valence-electron chi connectivity index (χ1n) is 10.1. The summed E-state index contributed by atoms with van der Waals surface area (Å²) in [6.07, 6.45) is 1.62. The molecule has 2 amide bonds. The Morgan fingerprint density at radius 3 is 2.43 bits per heavy atom. The second-order valence-corrected chi connectivity index (χ2v) is 7.64. The molecule has 0 unspecified atom stereocenters. The molecule has 0 radical (unpaired) electrons. The largest absolute Gasteiger partial charge is 0.455 e. The summed E-state index contributed by atoms with van der Waals surface area (Å²) >= 11 is 5.99. The average Bonchev–Trinajstić information content (AvgIpc) is 3.14. The van der Waals surface area contributed by atoms with Crippen molar-refractivity contribution >= 4 is 40.8 Å². The Morgan fingerprint density at radius 2 is 1.80 bits per heavy atom. The second-order valence-electron chi connectivity index (χ2n) is 7.20. The van der Waals surface area contributed by atoms with Gasteiger partial charge < -0.3 is 15.0 Å². The van der Waals surface area contributed by atoms with E-state index in [2.05, 4.69) is 5.32 Å². The number of para-hydroxylation sites is 1. The Kier molecular flexibility index (Phi) is 7.11. The molecule has 158 valence electrons. The standard InChI is InChI=1S/C23H25ClN2O4/c1-3-15-7-5-8-16(4-2)22(15)25-20(27)14-30-23(29)17-11-21(28)26(13-17)19-10-6-9-18(24)12-19/h5-10,12,17H,3-4,11,13-14H2,1-2H3,(H,25,27)/t17-/m1/s1. The lowest BCUT2D eigenvalue weighted by Crippen LogP contribution is -2.28. The summed E-state index contributed by atoms with van der Waals surface area (Å²) in [5.74, 6) is -1.73. The summed E-state index contributed by atoms with van der Waals surface area (Å²) in [5, 5.41) is 3.38. The minimum atomic E-state index is -0.613. The molecule has 2 aromatic carbocycles. The topological polar surface area (TPSA) is 75.7 Å². The second kappa shape index (κ2) is 9.76. The minimum Gasteiger partial charge on any atom is -0.455 e. The van der Waals surface area contributed by atoms with Gasteiger partial charge in [0, 0.05) is 29.4 Å². The fourth-order valence-electron chi connectivity index (χ4n) is 3.59. The molecule has 1 heterocycles. The molecular formula is C23H25ClN2O4. The molecule has 30 heavy (non-hydrogen) atoms. The molecule has 0 saturated carbocycles. The van der Waals surface area contributed by atoms with Crippen molar-refractivity contribution in [2.24, 2.45) is 5.92 Å². The van der Waals surface area contributed by atoms with Crippen LogP contribution < -0.4 is 10.2 Å². The van der Waals surface area contributed by atoms with E-state index < -0.39 is 17.8 Å². The predicted molar refractivity (Wildman–Crippen MR) is 117 cm³/mol. The Bertz CT molecular complexity index is 938. The van der Waals surface area contributed by atoms with Gasteiger partial charge >= 0.3 is 5.97 Å². The van der Waals surface area contributed by atoms with Crippen LogP contribution in [0.4, 0.5) is 11.4 Å². The van der Waals surface area contributed by atoms with Gasteiger partial charge in [-0.1, -0.05) is 49.7 Å². The van der Waals surface area contributed by atoms with Gasteiger partial charge in [-0.05, 0) is 42.2 Å². The molecule has 0 aliphatic carbocycles. The molecular weight excluding hydrogens is 404 g/mol. The molecule has 7 heteroatoms. The van der Waals surface area contributed by atoms with Crippen molar-refractivity contribution < 1.29 is 19.1 Å². The number of nitrogens with zero attached hydrogens (tertiary/aromatic N) is 1. The molecule has 3 rings (SSSR count). The number of ether oxygens (including phenoxy) is 1. The molecule has 0 aromatic heterocycles. The number of halogens is 1. The van der Waals surface area contributed by atoms with E-state index in [0.717, 1.165) is 29.7 Å². The van der Waals surface area contributed by atoms with Gasteiger partial charge in [-0.2, -0.15) is 0 Å². The number of rotatable bonds is 7. The average molecular weight is 429 g/mol. The lowest BCUT2D eigenvalue weighted by Gasteiger charge is -2.17. The van der Waals surface area contributed by atoms with E-state index >= 15 is 0 Å². The van der Waals surface area contributed by atoms with Gasteiger partial charge in [0.25, 0.3) is 5.91 Å². The van der Waals surface area contributed by atoms with Crippen LogP contribution in [0.3, 0.4) is 0 Å². The Hall–Kier alpha value is -2.86. The SMILES string of the molecule is CCc1cccc(CC)c1NC(=O)COC(=O)[C@@H]1CC(=O)N(c2cccc(Cl)c2)C1. The van der Waals surface area contributed by atoms with Crippen molar-refractivity contribution in [3.63, 3.8) is 0 Å². The summed E-state index contributed by atoms with van der Waals surface area (Å²) in [6.45, 7) is 3.86. The van der Waals surface area contributed by atoms with E-state index in [0.29, 0.717) is 10.7 Å². The highest BCUT2D eigenvalue weighted by atomic mass is 35.5. The Balaban J connectivity index is 1.57. The number of nitrogens with one attached hydrogen (secondary N) is 1. The maximum Gasteiger partial charge on any atom is 0.311 e. The van der Waals surface area contributed by atoms with Crippen LogP contribution in [-0.2, 0) is 32.0 Å². The van der Waals surface area contributed by atoms with Crippen LogP contribution in [-0.4, -0.2) is 30.9 Å². The molecule has 1 saturated heterocycles. The first-order valence-corrected chi connectivity index (χ1v) is 10.4. The number of benzene rings is 2. The van der Waals surface area contributed by atoms with E-state index in [9.17, 15) is 14.4 Å². The van der Waals surface area contributed by atoms with Crippen molar-refractivity contribution in [2.45, 2.75) is 33.1 Å². The molecule has 1 atom stereocenters. The zero-order chi connectivity index (χ0) is 21.7. The first-order chi connectivity index (χ1) is 14.4. The van der Waals surface area contributed by atoms with Crippen molar-refractivity contribution in [1.29, 1.82) is 0 Å². The van der Waals surface area contributed by atoms with Crippen LogP contribution in [0.2, 0.25) is 5.02 Å². The molecule has 1 fully saturated rings. The van der Waals surface area contributed by atoms with E-state index in [1.165, 1.54) is 4.90 Å². The third-order valence-electron chi connectivity index (χ3n) is 5.19. The van der Waals surface area contributed by atoms with E-state index in [4.69, 9.17) is 16.3 Å². The van der Waals surface area contributed by atoms with Crippen molar-refractivity contribution in [3.8, 4) is 0 Å². The quantitative estimate of drug-likeness (QED) is 0.676. The van der Waals surface area contributed by atoms with Gasteiger partial charge in [0.05, 0.1) is 5.92 Å². The first kappa shape index (κ1) is 21.8. The highest BCUT2D eigenvalue weighted by molar-refractivity contribution is 6.31. The highest BCUT2D eigenvalue weighted by Gasteiger charge is 2.36. The third-order valence-corrected chi connectivity index (χ3v) is 5.42. The fourth-order valence-corrected chi connectivity index (χ4v) is 3.78. The highest BCUT2D eigenvalue weighted by Crippen LogP contribution is 2.28. The maximum absolute atomic E-state index is 12.4. The number of hydrogen-bond acceptors (Lipinski definition) is 4. The fraction of sp³-hybridized carbons (Fsp3) is 0.348. The number of carbonyl (C=O) groups is 3. The summed E-state index contributed by atoms with van der Waals surface area (Å²) in [7, 11) is 0. The molecule has 0 spiro atoms.